The highest BCUT2D eigenvalue weighted by Crippen LogP contribution is 2.25. The maximum atomic E-state index is 12.9. The summed E-state index contributed by atoms with van der Waals surface area (Å²) in [6.45, 7) is 3.89. The number of hydrogen-bond acceptors (Lipinski definition) is 2. The van der Waals surface area contributed by atoms with Gasteiger partial charge in [-0.3, -0.25) is 0 Å². The zero-order valence-electron chi connectivity index (χ0n) is 8.90. The van der Waals surface area contributed by atoms with Gasteiger partial charge in [-0.25, -0.2) is 4.39 Å². The first-order chi connectivity index (χ1) is 7.15. The molecule has 1 N–H and O–H groups in total. The largest absolute Gasteiger partial charge is 0.489 e. The Bertz CT molecular complexity index is 345. The highest BCUT2D eigenvalue weighted by Gasteiger charge is 2.09. The lowest BCUT2D eigenvalue weighted by atomic mass is 10.1. The minimum Gasteiger partial charge on any atom is -0.489 e. The standard InChI is InChI=1S/C12H15FO2/c1-3-4-7-15-12-6-5-10(13)8-11(12)9(2)14/h3-6,8-9,14H,7H2,1-2H3/t9-/m0/s1. The number of rotatable bonds is 4. The monoisotopic (exact) mass is 210 g/mol. The van der Waals surface area contributed by atoms with Crippen molar-refractivity contribution in [3.05, 3.63) is 41.7 Å². The Morgan fingerprint density at radius 2 is 2.27 bits per heavy atom. The summed E-state index contributed by atoms with van der Waals surface area (Å²) >= 11 is 0. The fourth-order valence-electron chi connectivity index (χ4n) is 1.21. The molecule has 0 spiro atoms. The van der Waals surface area contributed by atoms with E-state index in [1.807, 2.05) is 19.1 Å². The molecular formula is C12H15FO2. The van der Waals surface area contributed by atoms with E-state index in [0.717, 1.165) is 0 Å². The second-order valence-electron chi connectivity index (χ2n) is 3.24. The van der Waals surface area contributed by atoms with E-state index in [1.165, 1.54) is 18.2 Å². The molecule has 0 aromatic heterocycles. The topological polar surface area (TPSA) is 29.5 Å². The summed E-state index contributed by atoms with van der Waals surface area (Å²) in [6, 6.07) is 4.13. The molecule has 1 aromatic carbocycles. The molecule has 15 heavy (non-hydrogen) atoms. The Kier molecular flexibility index (Phi) is 4.31. The summed E-state index contributed by atoms with van der Waals surface area (Å²) in [7, 11) is 0. The van der Waals surface area contributed by atoms with E-state index in [4.69, 9.17) is 4.74 Å². The van der Waals surface area contributed by atoms with Crippen LogP contribution in [0.4, 0.5) is 4.39 Å². The van der Waals surface area contributed by atoms with Crippen LogP contribution < -0.4 is 4.74 Å². The van der Waals surface area contributed by atoms with Gasteiger partial charge >= 0.3 is 0 Å². The van der Waals surface area contributed by atoms with Crippen LogP contribution in [0, 0.1) is 5.82 Å². The maximum Gasteiger partial charge on any atom is 0.125 e. The molecular weight excluding hydrogens is 195 g/mol. The predicted octanol–water partition coefficient (Wildman–Crippen LogP) is 2.83. The van der Waals surface area contributed by atoms with E-state index in [0.29, 0.717) is 17.9 Å². The summed E-state index contributed by atoms with van der Waals surface area (Å²) < 4.78 is 18.3. The molecule has 0 heterocycles. The molecule has 1 aromatic rings. The number of allylic oxidation sites excluding steroid dienone is 1. The van der Waals surface area contributed by atoms with E-state index in [1.54, 1.807) is 6.92 Å². The van der Waals surface area contributed by atoms with Gasteiger partial charge in [0.15, 0.2) is 0 Å². The van der Waals surface area contributed by atoms with Gasteiger partial charge in [-0.05, 0) is 32.0 Å². The first-order valence-electron chi connectivity index (χ1n) is 4.86. The molecule has 1 atom stereocenters. The Balaban J connectivity index is 2.85. The number of hydrogen-bond donors (Lipinski definition) is 1. The Hall–Kier alpha value is -1.35. The average molecular weight is 210 g/mol. The van der Waals surface area contributed by atoms with Gasteiger partial charge in [-0.1, -0.05) is 12.2 Å². The minimum absolute atomic E-state index is 0.371. The summed E-state index contributed by atoms with van der Waals surface area (Å²) in [5, 5.41) is 9.42. The molecule has 0 unspecified atom stereocenters. The molecule has 0 amide bonds. The molecule has 0 aliphatic heterocycles. The van der Waals surface area contributed by atoms with Crippen molar-refractivity contribution in [1.82, 2.24) is 0 Å². The zero-order valence-corrected chi connectivity index (χ0v) is 8.90. The van der Waals surface area contributed by atoms with Crippen LogP contribution in [0.15, 0.2) is 30.4 Å². The second kappa shape index (κ2) is 5.51. The zero-order chi connectivity index (χ0) is 11.3. The van der Waals surface area contributed by atoms with Gasteiger partial charge < -0.3 is 9.84 Å². The van der Waals surface area contributed by atoms with Gasteiger partial charge in [0, 0.05) is 5.56 Å². The van der Waals surface area contributed by atoms with Crippen LogP contribution in [-0.4, -0.2) is 11.7 Å². The molecule has 82 valence electrons. The van der Waals surface area contributed by atoms with Crippen molar-refractivity contribution in [2.75, 3.05) is 6.61 Å². The van der Waals surface area contributed by atoms with Crippen molar-refractivity contribution < 1.29 is 14.2 Å². The first kappa shape index (κ1) is 11.7. The quantitative estimate of drug-likeness (QED) is 0.774. The molecule has 0 aliphatic rings. The third-order valence-corrected chi connectivity index (χ3v) is 1.99. The van der Waals surface area contributed by atoms with Crippen LogP contribution in [0.1, 0.15) is 25.5 Å². The normalized spacial score (nSPS) is 13.1. The Morgan fingerprint density at radius 3 is 2.87 bits per heavy atom. The van der Waals surface area contributed by atoms with Gasteiger partial charge in [0.2, 0.25) is 0 Å². The van der Waals surface area contributed by atoms with E-state index >= 15 is 0 Å². The van der Waals surface area contributed by atoms with Gasteiger partial charge in [-0.2, -0.15) is 0 Å². The smallest absolute Gasteiger partial charge is 0.125 e. The van der Waals surface area contributed by atoms with Crippen molar-refractivity contribution in [2.24, 2.45) is 0 Å². The molecule has 0 bridgehead atoms. The number of ether oxygens (including phenoxy) is 1. The molecule has 1 rings (SSSR count). The summed E-state index contributed by atoms with van der Waals surface area (Å²) in [6.07, 6.45) is 2.97. The number of aliphatic hydroxyl groups excluding tert-OH is 1. The Labute approximate surface area is 89.0 Å². The molecule has 0 fully saturated rings. The van der Waals surface area contributed by atoms with E-state index < -0.39 is 6.10 Å². The van der Waals surface area contributed by atoms with Crippen LogP contribution >= 0.6 is 0 Å². The molecule has 0 radical (unpaired) electrons. The second-order valence-corrected chi connectivity index (χ2v) is 3.24. The molecule has 2 nitrogen and oxygen atoms in total. The van der Waals surface area contributed by atoms with Crippen LogP contribution in [-0.2, 0) is 0 Å². The minimum atomic E-state index is -0.735. The van der Waals surface area contributed by atoms with Crippen molar-refractivity contribution in [3.63, 3.8) is 0 Å². The predicted molar refractivity (Wildman–Crippen MR) is 57.3 cm³/mol. The lowest BCUT2D eigenvalue weighted by Crippen LogP contribution is -2.01. The van der Waals surface area contributed by atoms with Crippen molar-refractivity contribution in [1.29, 1.82) is 0 Å². The van der Waals surface area contributed by atoms with Crippen molar-refractivity contribution in [2.45, 2.75) is 20.0 Å². The van der Waals surface area contributed by atoms with Crippen molar-refractivity contribution >= 4 is 0 Å². The van der Waals surface area contributed by atoms with Crippen LogP contribution in [0.2, 0.25) is 0 Å². The van der Waals surface area contributed by atoms with E-state index in [9.17, 15) is 9.50 Å². The fraction of sp³-hybridized carbons (Fsp3) is 0.333. The highest BCUT2D eigenvalue weighted by atomic mass is 19.1. The van der Waals surface area contributed by atoms with Gasteiger partial charge in [0.1, 0.15) is 18.2 Å². The maximum absolute atomic E-state index is 12.9. The molecule has 0 saturated carbocycles. The number of aliphatic hydroxyl groups is 1. The third-order valence-electron chi connectivity index (χ3n) is 1.99. The van der Waals surface area contributed by atoms with E-state index in [-0.39, 0.29) is 5.82 Å². The lowest BCUT2D eigenvalue weighted by molar-refractivity contribution is 0.192. The summed E-state index contributed by atoms with van der Waals surface area (Å²) in [4.78, 5) is 0. The van der Waals surface area contributed by atoms with Crippen LogP contribution in [0.5, 0.6) is 5.75 Å². The first-order valence-corrected chi connectivity index (χ1v) is 4.86. The number of halogens is 1. The molecule has 0 saturated heterocycles. The summed E-state index contributed by atoms with van der Waals surface area (Å²) in [5.41, 5.74) is 0.472. The molecule has 3 heteroatoms. The SMILES string of the molecule is CC=CCOc1ccc(F)cc1[C@H](C)O. The third kappa shape index (κ3) is 3.36. The van der Waals surface area contributed by atoms with Crippen molar-refractivity contribution in [3.8, 4) is 5.75 Å². The van der Waals surface area contributed by atoms with Crippen LogP contribution in [0.3, 0.4) is 0 Å². The highest BCUT2D eigenvalue weighted by molar-refractivity contribution is 5.35. The summed E-state index contributed by atoms with van der Waals surface area (Å²) in [5.74, 6) is 0.147. The molecule has 0 aliphatic carbocycles. The lowest BCUT2D eigenvalue weighted by Gasteiger charge is -2.12. The number of benzene rings is 1. The van der Waals surface area contributed by atoms with Crippen LogP contribution in [0.25, 0.3) is 0 Å². The van der Waals surface area contributed by atoms with Gasteiger partial charge in [0.25, 0.3) is 0 Å². The fourth-order valence-corrected chi connectivity index (χ4v) is 1.21. The van der Waals surface area contributed by atoms with Gasteiger partial charge in [0.05, 0.1) is 6.10 Å². The van der Waals surface area contributed by atoms with E-state index in [2.05, 4.69) is 0 Å². The van der Waals surface area contributed by atoms with Gasteiger partial charge in [-0.15, -0.1) is 0 Å². The average Bonchev–Trinajstić information content (AvgIpc) is 2.20. The Morgan fingerprint density at radius 1 is 1.53 bits per heavy atom.